The summed E-state index contributed by atoms with van der Waals surface area (Å²) in [6.45, 7) is 8.88. The average Bonchev–Trinajstić information content (AvgIpc) is 3.52. The van der Waals surface area contributed by atoms with E-state index in [1.54, 1.807) is 0 Å². The van der Waals surface area contributed by atoms with Crippen LogP contribution >= 0.6 is 0 Å². The van der Waals surface area contributed by atoms with Crippen LogP contribution in [0.15, 0.2) is 97.1 Å². The van der Waals surface area contributed by atoms with E-state index in [0.29, 0.717) is 5.75 Å². The van der Waals surface area contributed by atoms with Crippen molar-refractivity contribution in [2.24, 2.45) is 0 Å². The first-order valence-electron chi connectivity index (χ1n) is 11.8. The van der Waals surface area contributed by atoms with Crippen molar-refractivity contribution in [2.45, 2.75) is 38.5 Å². The average molecular weight is 737 g/mol. The van der Waals surface area contributed by atoms with Gasteiger partial charge in [0.05, 0.1) is 0 Å². The SMILES string of the molecule is CC(C)(c1ccccc1)c1cc(-n2n3c4ccccc4n23)c(O)c(C(C)(C)c2ccccc2)c1.[U].[V]. The van der Waals surface area contributed by atoms with E-state index in [9.17, 15) is 5.11 Å². The molecule has 0 aliphatic carbocycles. The number of nitrogens with zero attached hydrogens (tertiary/aromatic N) is 3. The molecule has 179 valence electrons. The molecule has 0 aliphatic rings. The third kappa shape index (κ3) is 3.98. The number of aromatic hydroxyl groups is 1. The second kappa shape index (κ2) is 9.55. The molecule has 4 aromatic carbocycles. The molecule has 0 spiro atoms. The van der Waals surface area contributed by atoms with E-state index in [1.165, 1.54) is 16.7 Å². The van der Waals surface area contributed by atoms with Gasteiger partial charge >= 0.3 is 0 Å². The van der Waals surface area contributed by atoms with Crippen molar-refractivity contribution in [3.63, 3.8) is 0 Å². The predicted octanol–water partition coefficient (Wildman–Crippen LogP) is 6.78. The van der Waals surface area contributed by atoms with Gasteiger partial charge in [0.15, 0.2) is 0 Å². The van der Waals surface area contributed by atoms with E-state index in [1.807, 2.05) is 18.2 Å². The van der Waals surface area contributed by atoms with Gasteiger partial charge in [-0.3, -0.25) is 0 Å². The van der Waals surface area contributed by atoms with Crippen molar-refractivity contribution in [1.82, 2.24) is 14.1 Å². The van der Waals surface area contributed by atoms with Gasteiger partial charge in [0.2, 0.25) is 0 Å². The number of phenols is 1. The summed E-state index contributed by atoms with van der Waals surface area (Å²) < 4.78 is 4.20. The van der Waals surface area contributed by atoms with Crippen LogP contribution in [0, 0.1) is 31.1 Å². The normalized spacial score (nSPS) is 12.1. The zero-order valence-corrected chi connectivity index (χ0v) is 26.5. The monoisotopic (exact) mass is 736 g/mol. The second-order valence-electron chi connectivity index (χ2n) is 10.2. The molecule has 2 aromatic heterocycles. The summed E-state index contributed by atoms with van der Waals surface area (Å²) in [4.78, 5) is 2.06. The first-order valence-corrected chi connectivity index (χ1v) is 11.8. The van der Waals surface area contributed by atoms with Crippen LogP contribution in [0.2, 0.25) is 0 Å². The van der Waals surface area contributed by atoms with Gasteiger partial charge in [-0.15, -0.1) is 14.1 Å². The van der Waals surface area contributed by atoms with Gasteiger partial charge in [-0.1, -0.05) is 107 Å². The van der Waals surface area contributed by atoms with Crippen LogP contribution in [0.1, 0.15) is 49.9 Å². The second-order valence-corrected chi connectivity index (χ2v) is 10.2. The summed E-state index contributed by atoms with van der Waals surface area (Å²) in [7, 11) is 0. The van der Waals surface area contributed by atoms with Crippen LogP contribution in [0.4, 0.5) is 0 Å². The minimum absolute atomic E-state index is 0. The van der Waals surface area contributed by atoms with Crippen molar-refractivity contribution >= 4 is 11.0 Å². The minimum atomic E-state index is -0.380. The third-order valence-electron chi connectivity index (χ3n) is 7.51. The molecular formula is C30H29N3OUV. The molecule has 36 heavy (non-hydrogen) atoms. The number of phenolic OH excluding ortho intramolecular Hbond substituents is 1. The van der Waals surface area contributed by atoms with Crippen LogP contribution in [-0.2, 0) is 29.4 Å². The number of hydrogen-bond acceptors (Lipinski definition) is 1. The van der Waals surface area contributed by atoms with Crippen LogP contribution in [0.25, 0.3) is 16.7 Å². The molecule has 6 aromatic rings. The molecule has 0 amide bonds. The Labute approximate surface area is 247 Å². The van der Waals surface area contributed by atoms with Gasteiger partial charge in [0, 0.05) is 66.1 Å². The summed E-state index contributed by atoms with van der Waals surface area (Å²) >= 11 is 0. The smallest absolute Gasteiger partial charge is 0.147 e. The Kier molecular flexibility index (Phi) is 7.10. The van der Waals surface area contributed by atoms with Gasteiger partial charge < -0.3 is 5.11 Å². The molecule has 0 atom stereocenters. The molecule has 6 rings (SSSR count). The number of aromatic nitrogens is 3. The van der Waals surface area contributed by atoms with Crippen LogP contribution < -0.4 is 0 Å². The standard InChI is InChI=1S/C30H29N3O.U.V/c1-29(2,21-13-7-5-8-14-21)23-19-24(30(3,4)22-15-9-6-10-16-22)28(34)27(20-23)33-31-25-17-11-12-18-26(25)32(31)33;;/h5-20,34H,1-4H3;;. The molecule has 0 aliphatic heterocycles. The van der Waals surface area contributed by atoms with E-state index in [2.05, 4.69) is 121 Å². The summed E-state index contributed by atoms with van der Waals surface area (Å²) in [5.74, 6) is 0.321. The molecule has 6 heteroatoms. The van der Waals surface area contributed by atoms with E-state index in [0.717, 1.165) is 22.3 Å². The fourth-order valence-electron chi connectivity index (χ4n) is 5.14. The summed E-state index contributed by atoms with van der Waals surface area (Å²) in [6.07, 6.45) is 0. The number of hydrogen-bond donors (Lipinski definition) is 1. The fraction of sp³-hybridized carbons (Fsp3) is 0.200. The largest absolute Gasteiger partial charge is 0.505 e. The van der Waals surface area contributed by atoms with Gasteiger partial charge in [0.25, 0.3) is 0 Å². The van der Waals surface area contributed by atoms with Gasteiger partial charge in [-0.05, 0) is 34.9 Å². The molecular weight excluding hydrogens is 707 g/mol. The van der Waals surface area contributed by atoms with Crippen molar-refractivity contribution in [2.75, 3.05) is 0 Å². The quantitative estimate of drug-likeness (QED) is 0.208. The topological polar surface area (TPSA) is 34.0 Å². The van der Waals surface area contributed by atoms with E-state index in [-0.39, 0.29) is 60.5 Å². The maximum atomic E-state index is 11.7. The Morgan fingerprint density at radius 2 is 1.03 bits per heavy atom. The van der Waals surface area contributed by atoms with Crippen molar-refractivity contribution in [3.05, 3.63) is 119 Å². The van der Waals surface area contributed by atoms with Crippen LogP contribution in [0.5, 0.6) is 5.75 Å². The zero-order valence-electron chi connectivity index (χ0n) is 21.0. The van der Waals surface area contributed by atoms with E-state index < -0.39 is 0 Å². The Bertz CT molecular complexity index is 1570. The van der Waals surface area contributed by atoms with Gasteiger partial charge in [-0.2, -0.15) is 0 Å². The molecule has 0 bridgehead atoms. The maximum absolute atomic E-state index is 11.7. The molecule has 2 heterocycles. The Hall–Kier alpha value is -2.28. The number of fused-ring (bicyclic) bond motifs is 4. The van der Waals surface area contributed by atoms with Crippen molar-refractivity contribution in [1.29, 1.82) is 0 Å². The van der Waals surface area contributed by atoms with Crippen LogP contribution in [0.3, 0.4) is 0 Å². The molecule has 0 unspecified atom stereocenters. The third-order valence-corrected chi connectivity index (χ3v) is 7.51. The van der Waals surface area contributed by atoms with Crippen LogP contribution in [-0.4, -0.2) is 19.2 Å². The van der Waals surface area contributed by atoms with Crippen molar-refractivity contribution in [3.8, 4) is 11.4 Å². The Morgan fingerprint density at radius 1 is 0.583 bits per heavy atom. The number of rotatable bonds is 5. The number of para-hydroxylation sites is 2. The molecule has 0 saturated heterocycles. The van der Waals surface area contributed by atoms with E-state index in [4.69, 9.17) is 0 Å². The molecule has 4 nitrogen and oxygen atoms in total. The summed E-state index contributed by atoms with van der Waals surface area (Å²) in [5.41, 5.74) is 6.99. The molecule has 1 radical (unpaired) electrons. The first-order chi connectivity index (χ1) is 16.3. The van der Waals surface area contributed by atoms with Gasteiger partial charge in [-0.25, -0.2) is 0 Å². The fourth-order valence-corrected chi connectivity index (χ4v) is 5.14. The molecule has 0 saturated carbocycles. The number of benzene rings is 4. The Morgan fingerprint density at radius 3 is 1.53 bits per heavy atom. The molecule has 0 fully saturated rings. The van der Waals surface area contributed by atoms with Gasteiger partial charge in [0.1, 0.15) is 22.5 Å². The predicted molar refractivity (Wildman–Crippen MR) is 138 cm³/mol. The zero-order chi connectivity index (χ0) is 23.7. The minimum Gasteiger partial charge on any atom is -0.505 e. The maximum Gasteiger partial charge on any atom is 0.147 e. The molecule has 1 N–H and O–H groups in total. The first kappa shape index (κ1) is 26.8. The Balaban J connectivity index is 0.00000152. The van der Waals surface area contributed by atoms with E-state index >= 15 is 0 Å². The van der Waals surface area contributed by atoms with Crippen molar-refractivity contribution < 1.29 is 54.8 Å². The summed E-state index contributed by atoms with van der Waals surface area (Å²) in [5, 5.41) is 11.7. The summed E-state index contributed by atoms with van der Waals surface area (Å²) in [6, 6.07) is 33.7.